The lowest BCUT2D eigenvalue weighted by Crippen LogP contribution is -2.17. The maximum Gasteiger partial charge on any atom is 0.0563 e. The molecule has 1 nitrogen and oxygen atoms in total. The van der Waals surface area contributed by atoms with E-state index in [-0.39, 0.29) is 10.8 Å². The van der Waals surface area contributed by atoms with Crippen LogP contribution in [-0.4, -0.2) is 4.57 Å². The molecule has 0 aliphatic heterocycles. The summed E-state index contributed by atoms with van der Waals surface area (Å²) in [5.41, 5.74) is 11.4. The molecule has 0 spiro atoms. The van der Waals surface area contributed by atoms with Gasteiger partial charge in [0.1, 0.15) is 0 Å². The lowest BCUT2D eigenvalue weighted by Gasteiger charge is -2.27. The fourth-order valence-electron chi connectivity index (χ4n) is 6.61. The number of aryl methyl sites for hydroxylation is 1. The van der Waals surface area contributed by atoms with Crippen molar-refractivity contribution in [2.24, 2.45) is 5.41 Å². The maximum absolute atomic E-state index is 4.60. The second kappa shape index (κ2) is 8.91. The highest BCUT2D eigenvalue weighted by Gasteiger charge is 2.67. The Morgan fingerprint density at radius 2 is 1.44 bits per heavy atom. The maximum atomic E-state index is 4.60. The minimum absolute atomic E-state index is 0.0525. The van der Waals surface area contributed by atoms with Gasteiger partial charge in [0.25, 0.3) is 0 Å². The first-order chi connectivity index (χ1) is 16.2. The van der Waals surface area contributed by atoms with Crippen molar-refractivity contribution in [3.05, 3.63) is 89.1 Å². The van der Waals surface area contributed by atoms with E-state index in [2.05, 4.69) is 121 Å². The molecule has 0 saturated heterocycles. The molecular formula is C33H43N. The first kappa shape index (κ1) is 24.6. The Morgan fingerprint density at radius 1 is 0.824 bits per heavy atom. The number of nitrogens with zero attached hydrogens (tertiary/aromatic N) is 1. The van der Waals surface area contributed by atoms with Crippen molar-refractivity contribution >= 4 is 0 Å². The summed E-state index contributed by atoms with van der Waals surface area (Å²) in [6, 6.07) is 18.4. The molecule has 1 aromatic heterocycles. The van der Waals surface area contributed by atoms with Crippen molar-refractivity contribution in [1.82, 2.24) is 4.57 Å². The first-order valence-electron chi connectivity index (χ1n) is 13.3. The summed E-state index contributed by atoms with van der Waals surface area (Å²) >= 11 is 0. The Bertz CT molecular complexity index is 1180. The average molecular weight is 454 g/mol. The molecule has 1 fully saturated rings. The predicted octanol–water partition coefficient (Wildman–Crippen LogP) is 9.59. The van der Waals surface area contributed by atoms with E-state index in [9.17, 15) is 0 Å². The number of allylic oxidation sites excluding steroid dienone is 1. The van der Waals surface area contributed by atoms with Gasteiger partial charge in [-0.1, -0.05) is 110 Å². The molecular weight excluding hydrogens is 410 g/mol. The zero-order valence-corrected chi connectivity index (χ0v) is 22.6. The Hall–Kier alpha value is -2.54. The Kier molecular flexibility index (Phi) is 6.44. The highest BCUT2D eigenvalue weighted by Crippen LogP contribution is 2.73. The summed E-state index contributed by atoms with van der Waals surface area (Å²) in [7, 11) is 0. The molecule has 1 aliphatic rings. The van der Waals surface area contributed by atoms with Gasteiger partial charge in [0.2, 0.25) is 0 Å². The van der Waals surface area contributed by atoms with E-state index in [0.29, 0.717) is 11.8 Å². The van der Waals surface area contributed by atoms with Gasteiger partial charge in [0, 0.05) is 22.6 Å². The fourth-order valence-corrected chi connectivity index (χ4v) is 6.61. The summed E-state index contributed by atoms with van der Waals surface area (Å²) in [5, 5.41) is 0. The molecule has 3 aromatic rings. The highest BCUT2D eigenvalue weighted by atomic mass is 15.0. The van der Waals surface area contributed by atoms with Crippen LogP contribution in [0.25, 0.3) is 16.9 Å². The van der Waals surface area contributed by atoms with Crippen LogP contribution in [0.15, 0.2) is 66.9 Å². The smallest absolute Gasteiger partial charge is 0.0563 e. The van der Waals surface area contributed by atoms with Gasteiger partial charge in [0.15, 0.2) is 0 Å². The van der Waals surface area contributed by atoms with Crippen LogP contribution in [0.1, 0.15) is 102 Å². The average Bonchev–Trinajstić information content (AvgIpc) is 3.11. The molecule has 4 rings (SSSR count). The van der Waals surface area contributed by atoms with Crippen molar-refractivity contribution < 1.29 is 0 Å². The minimum Gasteiger partial charge on any atom is -0.316 e. The van der Waals surface area contributed by atoms with Crippen LogP contribution in [-0.2, 0) is 11.8 Å². The number of hydrogen-bond donors (Lipinski definition) is 0. The van der Waals surface area contributed by atoms with E-state index >= 15 is 0 Å². The summed E-state index contributed by atoms with van der Waals surface area (Å²) in [6.07, 6.45) is 5.55. The molecule has 1 heteroatoms. The van der Waals surface area contributed by atoms with Gasteiger partial charge in [-0.15, -0.1) is 0 Å². The van der Waals surface area contributed by atoms with Gasteiger partial charge in [-0.25, -0.2) is 0 Å². The second-order valence-electron chi connectivity index (χ2n) is 11.0. The van der Waals surface area contributed by atoms with E-state index < -0.39 is 0 Å². The standard InChI is InChI=1S/C33H43N/c1-10-25-20-21-34(31-26(22(4)5)17-15-18-27(31)23(6)7)30(25)28-16-13-14-19-29(28)33(12-3)24(8)32(33,9)11-2/h13-23H,8,10-12H2,1-7,9H3. The molecule has 0 N–H and O–H groups in total. The van der Waals surface area contributed by atoms with Crippen LogP contribution in [0.5, 0.6) is 0 Å². The van der Waals surface area contributed by atoms with Crippen LogP contribution >= 0.6 is 0 Å². The molecule has 2 atom stereocenters. The summed E-state index contributed by atoms with van der Waals surface area (Å²) < 4.78 is 2.51. The van der Waals surface area contributed by atoms with Crippen molar-refractivity contribution in [2.45, 2.75) is 91.9 Å². The SMILES string of the molecule is C=C1C(C)(CC)C1(CC)c1ccccc1-c1c(CC)ccn1-c1c(C(C)C)cccc1C(C)C. The minimum atomic E-state index is 0.0525. The highest BCUT2D eigenvalue weighted by molar-refractivity contribution is 5.77. The van der Waals surface area contributed by atoms with E-state index in [4.69, 9.17) is 0 Å². The first-order valence-corrected chi connectivity index (χ1v) is 13.3. The monoisotopic (exact) mass is 453 g/mol. The second-order valence-corrected chi connectivity index (χ2v) is 11.0. The molecule has 180 valence electrons. The number of rotatable bonds is 8. The number of benzene rings is 2. The van der Waals surface area contributed by atoms with Crippen molar-refractivity contribution in [3.63, 3.8) is 0 Å². The van der Waals surface area contributed by atoms with E-state index in [1.165, 1.54) is 44.8 Å². The molecule has 1 heterocycles. The van der Waals surface area contributed by atoms with Gasteiger partial charge < -0.3 is 4.57 Å². The van der Waals surface area contributed by atoms with Crippen LogP contribution in [0, 0.1) is 5.41 Å². The number of hydrogen-bond acceptors (Lipinski definition) is 0. The quantitative estimate of drug-likeness (QED) is 0.299. The lowest BCUT2D eigenvalue weighted by atomic mass is 9.80. The summed E-state index contributed by atoms with van der Waals surface area (Å²) in [4.78, 5) is 0. The zero-order valence-electron chi connectivity index (χ0n) is 22.6. The zero-order chi connectivity index (χ0) is 24.8. The molecule has 0 amide bonds. The van der Waals surface area contributed by atoms with E-state index in [1.54, 1.807) is 0 Å². The Labute approximate surface area is 207 Å². The summed E-state index contributed by atoms with van der Waals surface area (Å²) in [6.45, 7) is 23.2. The molecule has 2 unspecified atom stereocenters. The van der Waals surface area contributed by atoms with Gasteiger partial charge in [-0.3, -0.25) is 0 Å². The topological polar surface area (TPSA) is 4.93 Å². The third kappa shape index (κ3) is 3.35. The molecule has 2 aromatic carbocycles. The normalized spacial score (nSPS) is 22.1. The Balaban J connectivity index is 2.05. The predicted molar refractivity (Wildman–Crippen MR) is 148 cm³/mol. The summed E-state index contributed by atoms with van der Waals surface area (Å²) in [5.74, 6) is 0.913. The van der Waals surface area contributed by atoms with E-state index in [0.717, 1.165) is 19.3 Å². The Morgan fingerprint density at radius 3 is 1.94 bits per heavy atom. The van der Waals surface area contributed by atoms with Gasteiger partial charge in [0.05, 0.1) is 11.4 Å². The van der Waals surface area contributed by atoms with Gasteiger partial charge >= 0.3 is 0 Å². The molecule has 0 radical (unpaired) electrons. The largest absolute Gasteiger partial charge is 0.316 e. The number of para-hydroxylation sites is 1. The third-order valence-corrected chi connectivity index (χ3v) is 8.87. The van der Waals surface area contributed by atoms with Crippen molar-refractivity contribution in [2.75, 3.05) is 0 Å². The third-order valence-electron chi connectivity index (χ3n) is 8.87. The van der Waals surface area contributed by atoms with Crippen molar-refractivity contribution in [1.29, 1.82) is 0 Å². The van der Waals surface area contributed by atoms with Crippen LogP contribution in [0.3, 0.4) is 0 Å². The van der Waals surface area contributed by atoms with Crippen LogP contribution < -0.4 is 0 Å². The lowest BCUT2D eigenvalue weighted by molar-refractivity contribution is 0.432. The number of aromatic nitrogens is 1. The van der Waals surface area contributed by atoms with E-state index in [1.807, 2.05) is 0 Å². The van der Waals surface area contributed by atoms with Crippen molar-refractivity contribution in [3.8, 4) is 16.9 Å². The molecule has 0 bridgehead atoms. The van der Waals surface area contributed by atoms with Gasteiger partial charge in [-0.2, -0.15) is 0 Å². The fraction of sp³-hybridized carbons (Fsp3) is 0.455. The van der Waals surface area contributed by atoms with Crippen LogP contribution in [0.2, 0.25) is 0 Å². The molecule has 1 aliphatic carbocycles. The van der Waals surface area contributed by atoms with Crippen LogP contribution in [0.4, 0.5) is 0 Å². The molecule has 34 heavy (non-hydrogen) atoms. The van der Waals surface area contributed by atoms with Gasteiger partial charge in [-0.05, 0) is 59.4 Å². The molecule has 1 saturated carbocycles.